The van der Waals surface area contributed by atoms with Gasteiger partial charge in [0.05, 0.1) is 16.6 Å². The molecule has 0 N–H and O–H groups in total. The molecule has 0 unspecified atom stereocenters. The van der Waals surface area contributed by atoms with Gasteiger partial charge in [0.2, 0.25) is 0 Å². The average molecular weight is 298 g/mol. The Kier molecular flexibility index (Phi) is 5.19. The van der Waals surface area contributed by atoms with E-state index in [-0.39, 0.29) is 5.03 Å². The van der Waals surface area contributed by atoms with Crippen LogP contribution in [0.5, 0.6) is 0 Å². The van der Waals surface area contributed by atoms with E-state index in [1.165, 1.54) is 0 Å². The van der Waals surface area contributed by atoms with Crippen LogP contribution in [0.2, 0.25) is 0 Å². The minimum absolute atomic E-state index is 0.144. The Morgan fingerprint density at radius 3 is 2.25 bits per heavy atom. The fourth-order valence-corrected chi connectivity index (χ4v) is 2.72. The zero-order chi connectivity index (χ0) is 15.6. The minimum Gasteiger partial charge on any atom is -0.373 e. The summed E-state index contributed by atoms with van der Waals surface area (Å²) >= 11 is 0. The van der Waals surface area contributed by atoms with Crippen molar-refractivity contribution in [3.05, 3.63) is 18.3 Å². The molecule has 0 atom stereocenters. The van der Waals surface area contributed by atoms with Gasteiger partial charge in [-0.1, -0.05) is 13.8 Å². The Morgan fingerprint density at radius 2 is 1.85 bits per heavy atom. The van der Waals surface area contributed by atoms with Gasteiger partial charge < -0.3 is 4.90 Å². The van der Waals surface area contributed by atoms with Crippen LogP contribution in [-0.4, -0.2) is 31.7 Å². The van der Waals surface area contributed by atoms with Gasteiger partial charge in [0.15, 0.2) is 14.9 Å². The zero-order valence-electron chi connectivity index (χ0n) is 13.3. The van der Waals surface area contributed by atoms with Crippen LogP contribution in [0.4, 0.5) is 5.69 Å². The van der Waals surface area contributed by atoms with Crippen molar-refractivity contribution in [2.75, 3.05) is 18.5 Å². The normalized spacial score (nSPS) is 12.8. The highest BCUT2D eigenvalue weighted by Crippen LogP contribution is 2.24. The van der Waals surface area contributed by atoms with Crippen molar-refractivity contribution in [2.24, 2.45) is 5.92 Å². The van der Waals surface area contributed by atoms with Crippen LogP contribution >= 0.6 is 0 Å². The lowest BCUT2D eigenvalue weighted by molar-refractivity contribution is 0.556. The largest absolute Gasteiger partial charge is 0.373 e. The molecule has 4 nitrogen and oxygen atoms in total. The third-order valence-corrected chi connectivity index (χ3v) is 5.69. The summed E-state index contributed by atoms with van der Waals surface area (Å²) in [5.41, 5.74) is 0.943. The summed E-state index contributed by atoms with van der Waals surface area (Å²) in [6.07, 6.45) is 2.73. The third-order valence-electron chi connectivity index (χ3n) is 3.28. The molecule has 1 rings (SSSR count). The van der Waals surface area contributed by atoms with Gasteiger partial charge in [0.25, 0.3) is 0 Å². The van der Waals surface area contributed by atoms with E-state index in [0.717, 1.165) is 18.7 Å². The zero-order valence-corrected chi connectivity index (χ0v) is 14.2. The number of nitrogens with zero attached hydrogens (tertiary/aromatic N) is 2. The summed E-state index contributed by atoms with van der Waals surface area (Å²) in [5, 5.41) is 0.144. The van der Waals surface area contributed by atoms with E-state index >= 15 is 0 Å². The van der Waals surface area contributed by atoms with E-state index in [9.17, 15) is 8.42 Å². The maximum Gasteiger partial charge on any atom is 0.200 e. The van der Waals surface area contributed by atoms with Crippen LogP contribution in [0.3, 0.4) is 0 Å². The molecule has 1 aromatic rings. The molecule has 0 fully saturated rings. The molecule has 0 radical (unpaired) electrons. The molecule has 1 aromatic heterocycles. The first-order chi connectivity index (χ1) is 9.05. The first-order valence-electron chi connectivity index (χ1n) is 6.97. The summed E-state index contributed by atoms with van der Waals surface area (Å²) in [6.45, 7) is 10.4. The van der Waals surface area contributed by atoms with Crippen molar-refractivity contribution in [1.29, 1.82) is 0 Å². The summed E-state index contributed by atoms with van der Waals surface area (Å²) in [6, 6.07) is 3.42. The van der Waals surface area contributed by atoms with E-state index < -0.39 is 14.6 Å². The lowest BCUT2D eigenvalue weighted by Gasteiger charge is -2.21. The number of sulfone groups is 1. The van der Waals surface area contributed by atoms with Crippen molar-refractivity contribution in [2.45, 2.75) is 50.8 Å². The predicted molar refractivity (Wildman–Crippen MR) is 83.9 cm³/mol. The van der Waals surface area contributed by atoms with Gasteiger partial charge in [0.1, 0.15) is 0 Å². The van der Waals surface area contributed by atoms with Gasteiger partial charge in [-0.25, -0.2) is 13.4 Å². The van der Waals surface area contributed by atoms with Gasteiger partial charge in [-0.05, 0) is 45.2 Å². The number of rotatable bonds is 5. The first kappa shape index (κ1) is 17.0. The number of hydrogen-bond donors (Lipinski definition) is 0. The molecule has 0 amide bonds. The monoisotopic (exact) mass is 298 g/mol. The molecule has 0 aliphatic rings. The Labute approximate surface area is 123 Å². The molecule has 0 saturated carbocycles. The molecule has 0 saturated heterocycles. The maximum absolute atomic E-state index is 12.3. The van der Waals surface area contributed by atoms with E-state index in [0.29, 0.717) is 5.92 Å². The SMILES string of the molecule is CC(C)CCN(C)c1ccc(S(=O)(=O)C(C)(C)C)nc1. The van der Waals surface area contributed by atoms with Crippen LogP contribution in [0.1, 0.15) is 41.0 Å². The average Bonchev–Trinajstić information content (AvgIpc) is 2.34. The Morgan fingerprint density at radius 1 is 1.25 bits per heavy atom. The number of anilines is 1. The highest BCUT2D eigenvalue weighted by Gasteiger charge is 2.31. The summed E-state index contributed by atoms with van der Waals surface area (Å²) in [4.78, 5) is 6.23. The number of aromatic nitrogens is 1. The molecule has 1 heterocycles. The van der Waals surface area contributed by atoms with Crippen LogP contribution < -0.4 is 4.90 Å². The maximum atomic E-state index is 12.3. The van der Waals surface area contributed by atoms with Gasteiger partial charge in [-0.15, -0.1) is 0 Å². The second-order valence-electron chi connectivity index (χ2n) is 6.57. The Balaban J connectivity index is 2.90. The third kappa shape index (κ3) is 3.95. The van der Waals surface area contributed by atoms with E-state index in [1.54, 1.807) is 33.0 Å². The fraction of sp³-hybridized carbons (Fsp3) is 0.667. The molecule has 0 aromatic carbocycles. The standard InChI is InChI=1S/C15H26N2O2S/c1-12(2)9-10-17(6)13-7-8-14(16-11-13)20(18,19)15(3,4)5/h7-8,11-12H,9-10H2,1-6H3. The minimum atomic E-state index is -3.37. The van der Waals surface area contributed by atoms with E-state index in [2.05, 4.69) is 23.7 Å². The number of hydrogen-bond acceptors (Lipinski definition) is 4. The first-order valence-corrected chi connectivity index (χ1v) is 8.46. The van der Waals surface area contributed by atoms with Crippen molar-refractivity contribution in [3.8, 4) is 0 Å². The van der Waals surface area contributed by atoms with Gasteiger partial charge in [-0.3, -0.25) is 0 Å². The summed E-state index contributed by atoms with van der Waals surface area (Å²) in [7, 11) is -1.38. The van der Waals surface area contributed by atoms with Crippen molar-refractivity contribution in [1.82, 2.24) is 4.98 Å². The van der Waals surface area contributed by atoms with Crippen LogP contribution in [0.25, 0.3) is 0 Å². The van der Waals surface area contributed by atoms with Crippen LogP contribution in [0, 0.1) is 5.92 Å². The molecular weight excluding hydrogens is 272 g/mol. The smallest absolute Gasteiger partial charge is 0.200 e. The molecule has 20 heavy (non-hydrogen) atoms. The van der Waals surface area contributed by atoms with Gasteiger partial charge >= 0.3 is 0 Å². The molecule has 0 bridgehead atoms. The second kappa shape index (κ2) is 6.12. The van der Waals surface area contributed by atoms with Crippen molar-refractivity contribution >= 4 is 15.5 Å². The molecule has 0 aliphatic carbocycles. The number of pyridine rings is 1. The van der Waals surface area contributed by atoms with Crippen molar-refractivity contribution in [3.63, 3.8) is 0 Å². The Hall–Kier alpha value is -1.10. The summed E-state index contributed by atoms with van der Waals surface area (Å²) < 4.78 is 23.7. The lowest BCUT2D eigenvalue weighted by Crippen LogP contribution is -2.28. The Bertz CT molecular complexity index is 528. The second-order valence-corrected chi connectivity index (χ2v) is 9.22. The fourth-order valence-electron chi connectivity index (χ4n) is 1.65. The van der Waals surface area contributed by atoms with Crippen LogP contribution in [-0.2, 0) is 9.84 Å². The van der Waals surface area contributed by atoms with Crippen LogP contribution in [0.15, 0.2) is 23.4 Å². The quantitative estimate of drug-likeness (QED) is 0.838. The molecule has 5 heteroatoms. The predicted octanol–water partition coefficient (Wildman–Crippen LogP) is 3.14. The highest BCUT2D eigenvalue weighted by molar-refractivity contribution is 7.92. The molecule has 0 spiro atoms. The highest BCUT2D eigenvalue weighted by atomic mass is 32.2. The molecule has 114 valence electrons. The van der Waals surface area contributed by atoms with Crippen molar-refractivity contribution < 1.29 is 8.42 Å². The summed E-state index contributed by atoms with van der Waals surface area (Å²) in [5.74, 6) is 0.644. The van der Waals surface area contributed by atoms with Gasteiger partial charge in [0, 0.05) is 13.6 Å². The van der Waals surface area contributed by atoms with Gasteiger partial charge in [-0.2, -0.15) is 0 Å². The molecular formula is C15H26N2O2S. The topological polar surface area (TPSA) is 50.3 Å². The molecule has 0 aliphatic heterocycles. The van der Waals surface area contributed by atoms with E-state index in [4.69, 9.17) is 0 Å². The van der Waals surface area contributed by atoms with E-state index in [1.807, 2.05) is 13.1 Å². The lowest BCUT2D eigenvalue weighted by atomic mass is 10.1.